The van der Waals surface area contributed by atoms with Crippen molar-refractivity contribution >= 4 is 11.9 Å². The molecule has 1 amide bonds. The molecule has 0 aromatic rings. The third-order valence-electron chi connectivity index (χ3n) is 3.80. The van der Waals surface area contributed by atoms with Crippen molar-refractivity contribution in [1.82, 2.24) is 4.90 Å². The van der Waals surface area contributed by atoms with E-state index in [1.807, 2.05) is 0 Å². The lowest BCUT2D eigenvalue weighted by atomic mass is 9.84. The van der Waals surface area contributed by atoms with Crippen molar-refractivity contribution < 1.29 is 19.4 Å². The van der Waals surface area contributed by atoms with Gasteiger partial charge in [-0.1, -0.05) is 0 Å². The summed E-state index contributed by atoms with van der Waals surface area (Å²) < 4.78 is 5.23. The van der Waals surface area contributed by atoms with Gasteiger partial charge in [0.1, 0.15) is 6.04 Å². The highest BCUT2D eigenvalue weighted by molar-refractivity contribution is 5.88. The third kappa shape index (κ3) is 1.91. The number of rotatable bonds is 2. The van der Waals surface area contributed by atoms with Gasteiger partial charge in [0.15, 0.2) is 0 Å². The Hall–Kier alpha value is -1.14. The monoisotopic (exact) mass is 242 g/mol. The molecule has 2 rings (SSSR count). The van der Waals surface area contributed by atoms with E-state index in [-0.39, 0.29) is 18.6 Å². The molecule has 0 radical (unpaired) electrons. The second-order valence-corrected chi connectivity index (χ2v) is 5.03. The summed E-state index contributed by atoms with van der Waals surface area (Å²) in [6, 6.07) is -1.06. The molecule has 0 aromatic heterocycles. The molecule has 3 N–H and O–H groups in total. The zero-order valence-corrected chi connectivity index (χ0v) is 9.89. The number of hydrogen-bond donors (Lipinski definition) is 2. The summed E-state index contributed by atoms with van der Waals surface area (Å²) in [6.45, 7) is 2.88. The smallest absolute Gasteiger partial charge is 0.326 e. The van der Waals surface area contributed by atoms with Crippen molar-refractivity contribution in [3.63, 3.8) is 0 Å². The first-order valence-corrected chi connectivity index (χ1v) is 5.84. The maximum absolute atomic E-state index is 12.4. The van der Waals surface area contributed by atoms with E-state index in [4.69, 9.17) is 15.6 Å². The maximum atomic E-state index is 12.4. The van der Waals surface area contributed by atoms with Crippen molar-refractivity contribution in [2.75, 3.05) is 19.8 Å². The molecule has 2 aliphatic heterocycles. The fraction of sp³-hybridized carbons (Fsp3) is 0.818. The van der Waals surface area contributed by atoms with E-state index in [9.17, 15) is 9.59 Å². The molecule has 0 aromatic carbocycles. The van der Waals surface area contributed by atoms with Crippen LogP contribution >= 0.6 is 0 Å². The second kappa shape index (κ2) is 4.27. The highest BCUT2D eigenvalue weighted by atomic mass is 16.5. The summed E-state index contributed by atoms with van der Waals surface area (Å²) in [7, 11) is 0. The average Bonchev–Trinajstić information content (AvgIpc) is 2.86. The van der Waals surface area contributed by atoms with Gasteiger partial charge in [-0.2, -0.15) is 0 Å². The van der Waals surface area contributed by atoms with Crippen LogP contribution < -0.4 is 5.73 Å². The first-order valence-electron chi connectivity index (χ1n) is 5.84. The second-order valence-electron chi connectivity index (χ2n) is 5.03. The molecule has 3 atom stereocenters. The minimum Gasteiger partial charge on any atom is -0.480 e. The number of likely N-dealkylation sites (tertiary alicyclic amines) is 1. The Morgan fingerprint density at radius 3 is 2.76 bits per heavy atom. The van der Waals surface area contributed by atoms with Gasteiger partial charge in [-0.15, -0.1) is 0 Å². The van der Waals surface area contributed by atoms with Crippen LogP contribution in [-0.2, 0) is 14.3 Å². The Bertz CT molecular complexity index is 346. The minimum atomic E-state index is -0.938. The summed E-state index contributed by atoms with van der Waals surface area (Å²) >= 11 is 0. The van der Waals surface area contributed by atoms with Gasteiger partial charge in [-0.25, -0.2) is 4.79 Å². The largest absolute Gasteiger partial charge is 0.480 e. The van der Waals surface area contributed by atoms with Gasteiger partial charge < -0.3 is 20.5 Å². The summed E-state index contributed by atoms with van der Waals surface area (Å²) in [4.78, 5) is 24.9. The van der Waals surface area contributed by atoms with Crippen LogP contribution in [0.25, 0.3) is 0 Å². The quantitative estimate of drug-likeness (QED) is 0.676. The zero-order valence-electron chi connectivity index (χ0n) is 9.89. The Labute approximate surface area is 99.7 Å². The molecule has 2 heterocycles. The van der Waals surface area contributed by atoms with E-state index in [1.54, 1.807) is 6.92 Å². The fourth-order valence-corrected chi connectivity index (χ4v) is 2.50. The molecule has 96 valence electrons. The van der Waals surface area contributed by atoms with Crippen LogP contribution in [0.1, 0.15) is 19.8 Å². The molecule has 0 bridgehead atoms. The van der Waals surface area contributed by atoms with Gasteiger partial charge in [0.25, 0.3) is 0 Å². The molecule has 3 unspecified atom stereocenters. The number of carboxylic acid groups (broad SMARTS) is 1. The number of nitrogens with two attached hydrogens (primary N) is 1. The fourth-order valence-electron chi connectivity index (χ4n) is 2.50. The van der Waals surface area contributed by atoms with Gasteiger partial charge >= 0.3 is 5.97 Å². The first-order chi connectivity index (χ1) is 7.97. The topological polar surface area (TPSA) is 92.9 Å². The minimum absolute atomic E-state index is 0.188. The van der Waals surface area contributed by atoms with E-state index < -0.39 is 17.4 Å². The van der Waals surface area contributed by atoms with E-state index in [0.29, 0.717) is 19.6 Å². The number of hydrogen-bond acceptors (Lipinski definition) is 4. The van der Waals surface area contributed by atoms with Gasteiger partial charge in [0, 0.05) is 12.6 Å². The molecule has 0 aliphatic carbocycles. The van der Waals surface area contributed by atoms with Crippen molar-refractivity contribution in [2.24, 2.45) is 11.1 Å². The molecule has 6 nitrogen and oxygen atoms in total. The van der Waals surface area contributed by atoms with Crippen LogP contribution in [0.4, 0.5) is 0 Å². The Balaban J connectivity index is 2.17. The molecule has 2 saturated heterocycles. The Kier molecular flexibility index (Phi) is 3.09. The molecular formula is C11H18N2O4. The number of carbonyl (C=O) groups is 2. The van der Waals surface area contributed by atoms with E-state index in [0.717, 1.165) is 6.42 Å². The number of carbonyl (C=O) groups excluding carboxylic acids is 1. The van der Waals surface area contributed by atoms with Crippen LogP contribution in [0.15, 0.2) is 0 Å². The molecular weight excluding hydrogens is 224 g/mol. The van der Waals surface area contributed by atoms with E-state index >= 15 is 0 Å². The van der Waals surface area contributed by atoms with E-state index in [1.165, 1.54) is 4.90 Å². The number of aliphatic carboxylic acids is 1. The van der Waals surface area contributed by atoms with Gasteiger partial charge in [0.2, 0.25) is 5.91 Å². The number of amides is 1. The van der Waals surface area contributed by atoms with Crippen LogP contribution in [0.2, 0.25) is 0 Å². The SMILES string of the molecule is CC1(C(=O)N2CCCC2C(=O)O)COCC1N. The molecule has 2 aliphatic rings. The van der Waals surface area contributed by atoms with Crippen molar-refractivity contribution in [3.05, 3.63) is 0 Å². The van der Waals surface area contributed by atoms with Crippen molar-refractivity contribution in [3.8, 4) is 0 Å². The Morgan fingerprint density at radius 1 is 1.53 bits per heavy atom. The molecule has 0 spiro atoms. The predicted molar refractivity (Wildman–Crippen MR) is 59.3 cm³/mol. The Morgan fingerprint density at radius 2 is 2.24 bits per heavy atom. The zero-order chi connectivity index (χ0) is 12.6. The maximum Gasteiger partial charge on any atom is 0.326 e. The van der Waals surface area contributed by atoms with Crippen LogP contribution in [-0.4, -0.2) is 53.7 Å². The molecule has 17 heavy (non-hydrogen) atoms. The third-order valence-corrected chi connectivity index (χ3v) is 3.80. The molecule has 0 saturated carbocycles. The summed E-state index contributed by atoms with van der Waals surface area (Å²) in [5.74, 6) is -1.13. The number of carboxylic acids is 1. The summed E-state index contributed by atoms with van der Waals surface area (Å²) in [5.41, 5.74) is 5.10. The number of ether oxygens (including phenoxy) is 1. The van der Waals surface area contributed by atoms with Gasteiger partial charge in [-0.05, 0) is 19.8 Å². The van der Waals surface area contributed by atoms with Gasteiger partial charge in [-0.3, -0.25) is 4.79 Å². The number of nitrogens with zero attached hydrogens (tertiary/aromatic N) is 1. The van der Waals surface area contributed by atoms with Gasteiger partial charge in [0.05, 0.1) is 18.6 Å². The van der Waals surface area contributed by atoms with Crippen LogP contribution in [0.3, 0.4) is 0 Å². The van der Waals surface area contributed by atoms with Crippen LogP contribution in [0, 0.1) is 5.41 Å². The van der Waals surface area contributed by atoms with Crippen molar-refractivity contribution in [2.45, 2.75) is 31.8 Å². The summed E-state index contributed by atoms with van der Waals surface area (Å²) in [5, 5.41) is 9.07. The molecule has 6 heteroatoms. The normalized spacial score (nSPS) is 37.4. The lowest BCUT2D eigenvalue weighted by Crippen LogP contribution is -2.54. The molecule has 2 fully saturated rings. The summed E-state index contributed by atoms with van der Waals surface area (Å²) in [6.07, 6.45) is 1.25. The standard InChI is InChI=1S/C11H18N2O4/c1-11(6-17-5-8(11)12)10(16)13-4-2-3-7(13)9(14)15/h7-8H,2-6,12H2,1H3,(H,14,15). The highest BCUT2D eigenvalue weighted by Gasteiger charge is 2.49. The van der Waals surface area contributed by atoms with Crippen molar-refractivity contribution in [1.29, 1.82) is 0 Å². The highest BCUT2D eigenvalue weighted by Crippen LogP contribution is 2.32. The lowest BCUT2D eigenvalue weighted by Gasteiger charge is -2.32. The lowest BCUT2D eigenvalue weighted by molar-refractivity contribution is -0.153. The first kappa shape index (κ1) is 12.3. The average molecular weight is 242 g/mol. The predicted octanol–water partition coefficient (Wildman–Crippen LogP) is -0.574. The van der Waals surface area contributed by atoms with Crippen LogP contribution in [0.5, 0.6) is 0 Å². The van der Waals surface area contributed by atoms with E-state index in [2.05, 4.69) is 0 Å².